The number of aldehydes is 1. The van der Waals surface area contributed by atoms with Crippen molar-refractivity contribution in [3.8, 4) is 0 Å². The second-order valence-electron chi connectivity index (χ2n) is 5.01. The van der Waals surface area contributed by atoms with Crippen LogP contribution in [-0.2, 0) is 9.53 Å². The van der Waals surface area contributed by atoms with Gasteiger partial charge in [0.1, 0.15) is 11.9 Å². The molecule has 1 unspecified atom stereocenters. The smallest absolute Gasteiger partial charge is 0.245 e. The summed E-state index contributed by atoms with van der Waals surface area (Å²) in [5.74, 6) is 0.615. The molecular formula is C14H19N3O3. The summed E-state index contributed by atoms with van der Waals surface area (Å²) in [6.45, 7) is 5.34. The van der Waals surface area contributed by atoms with Gasteiger partial charge in [-0.2, -0.15) is 0 Å². The van der Waals surface area contributed by atoms with Gasteiger partial charge in [0.15, 0.2) is 6.29 Å². The molecule has 0 saturated carbocycles. The number of amides is 1. The maximum Gasteiger partial charge on any atom is 0.245 e. The van der Waals surface area contributed by atoms with Gasteiger partial charge in [-0.3, -0.25) is 9.59 Å². The van der Waals surface area contributed by atoms with Gasteiger partial charge in [-0.25, -0.2) is 4.98 Å². The van der Waals surface area contributed by atoms with E-state index < -0.39 is 0 Å². The molecule has 1 N–H and O–H groups in total. The second-order valence-corrected chi connectivity index (χ2v) is 5.01. The summed E-state index contributed by atoms with van der Waals surface area (Å²) in [4.78, 5) is 29.0. The Kier molecular flexibility index (Phi) is 4.68. The van der Waals surface area contributed by atoms with Gasteiger partial charge in [-0.1, -0.05) is 0 Å². The lowest BCUT2D eigenvalue weighted by atomic mass is 10.2. The van der Waals surface area contributed by atoms with Gasteiger partial charge in [0.2, 0.25) is 5.91 Å². The number of anilines is 1. The standard InChI is InChI=1S/C14H19N3O3/c1-10(2)16-14(19)12-9-20-6-5-17(12)13-4-3-11(8-18)7-15-13/h3-4,7-8,10,12H,5-6,9H2,1-2H3,(H,16,19). The van der Waals surface area contributed by atoms with E-state index >= 15 is 0 Å². The lowest BCUT2D eigenvalue weighted by Crippen LogP contribution is -2.55. The number of ether oxygens (including phenoxy) is 1. The summed E-state index contributed by atoms with van der Waals surface area (Å²) >= 11 is 0. The Morgan fingerprint density at radius 2 is 2.35 bits per heavy atom. The van der Waals surface area contributed by atoms with Crippen LogP contribution in [0.5, 0.6) is 0 Å². The van der Waals surface area contributed by atoms with Crippen LogP contribution in [0.25, 0.3) is 0 Å². The van der Waals surface area contributed by atoms with Crippen molar-refractivity contribution >= 4 is 18.0 Å². The van der Waals surface area contributed by atoms with Crippen LogP contribution in [0.2, 0.25) is 0 Å². The molecule has 1 aliphatic rings. The maximum atomic E-state index is 12.2. The van der Waals surface area contributed by atoms with E-state index in [9.17, 15) is 9.59 Å². The van der Waals surface area contributed by atoms with Crippen molar-refractivity contribution in [1.82, 2.24) is 10.3 Å². The Morgan fingerprint density at radius 1 is 1.55 bits per heavy atom. The molecule has 0 bridgehead atoms. The zero-order chi connectivity index (χ0) is 14.5. The molecule has 1 saturated heterocycles. The van der Waals surface area contributed by atoms with Crippen molar-refractivity contribution in [2.75, 3.05) is 24.7 Å². The molecule has 1 fully saturated rings. The van der Waals surface area contributed by atoms with Crippen LogP contribution in [0.4, 0.5) is 5.82 Å². The van der Waals surface area contributed by atoms with E-state index in [1.54, 1.807) is 12.1 Å². The number of pyridine rings is 1. The van der Waals surface area contributed by atoms with Crippen molar-refractivity contribution in [2.45, 2.75) is 25.9 Å². The Hall–Kier alpha value is -1.95. The summed E-state index contributed by atoms with van der Waals surface area (Å²) in [6.07, 6.45) is 2.26. The molecule has 0 aromatic carbocycles. The SMILES string of the molecule is CC(C)NC(=O)C1COCCN1c1ccc(C=O)cn1. The molecule has 1 aliphatic heterocycles. The van der Waals surface area contributed by atoms with Crippen molar-refractivity contribution < 1.29 is 14.3 Å². The first-order chi connectivity index (χ1) is 9.61. The summed E-state index contributed by atoms with van der Waals surface area (Å²) in [6, 6.07) is 3.14. The number of carbonyl (C=O) groups is 2. The van der Waals surface area contributed by atoms with Crippen molar-refractivity contribution in [3.05, 3.63) is 23.9 Å². The first-order valence-electron chi connectivity index (χ1n) is 6.68. The number of hydrogen-bond acceptors (Lipinski definition) is 5. The molecule has 0 spiro atoms. The normalized spacial score (nSPS) is 18.9. The fourth-order valence-electron chi connectivity index (χ4n) is 2.11. The molecular weight excluding hydrogens is 258 g/mol. The van der Waals surface area contributed by atoms with E-state index in [1.165, 1.54) is 6.20 Å². The maximum absolute atomic E-state index is 12.2. The summed E-state index contributed by atoms with van der Waals surface area (Å²) in [5, 5.41) is 2.89. The lowest BCUT2D eigenvalue weighted by Gasteiger charge is -2.35. The number of hydrogen-bond donors (Lipinski definition) is 1. The fraction of sp³-hybridized carbons (Fsp3) is 0.500. The third kappa shape index (κ3) is 3.33. The molecule has 108 valence electrons. The molecule has 20 heavy (non-hydrogen) atoms. The minimum atomic E-state index is -0.388. The van der Waals surface area contributed by atoms with Crippen LogP contribution in [0.1, 0.15) is 24.2 Å². The van der Waals surface area contributed by atoms with E-state index in [2.05, 4.69) is 10.3 Å². The number of morpholine rings is 1. The Balaban J connectivity index is 2.17. The van der Waals surface area contributed by atoms with Crippen molar-refractivity contribution in [1.29, 1.82) is 0 Å². The quantitative estimate of drug-likeness (QED) is 0.817. The molecule has 0 aliphatic carbocycles. The molecule has 0 radical (unpaired) electrons. The van der Waals surface area contributed by atoms with Gasteiger partial charge >= 0.3 is 0 Å². The van der Waals surface area contributed by atoms with E-state index in [-0.39, 0.29) is 18.0 Å². The number of carbonyl (C=O) groups excluding carboxylic acids is 2. The number of nitrogens with zero attached hydrogens (tertiary/aromatic N) is 2. The first kappa shape index (κ1) is 14.5. The predicted octanol–water partition coefficient (Wildman–Crippen LogP) is 0.624. The highest BCUT2D eigenvalue weighted by atomic mass is 16.5. The number of aromatic nitrogens is 1. The molecule has 1 atom stereocenters. The van der Waals surface area contributed by atoms with Crippen LogP contribution < -0.4 is 10.2 Å². The highest BCUT2D eigenvalue weighted by Crippen LogP contribution is 2.17. The lowest BCUT2D eigenvalue weighted by molar-refractivity contribution is -0.125. The molecule has 6 heteroatoms. The zero-order valence-electron chi connectivity index (χ0n) is 11.7. The van der Waals surface area contributed by atoms with Gasteiger partial charge in [0, 0.05) is 24.3 Å². The first-order valence-corrected chi connectivity index (χ1v) is 6.68. The van der Waals surface area contributed by atoms with Gasteiger partial charge in [0.25, 0.3) is 0 Å². The molecule has 1 amide bonds. The monoisotopic (exact) mass is 277 g/mol. The Morgan fingerprint density at radius 3 is 2.95 bits per heavy atom. The van der Waals surface area contributed by atoms with E-state index in [0.29, 0.717) is 31.1 Å². The minimum absolute atomic E-state index is 0.0686. The predicted molar refractivity (Wildman–Crippen MR) is 74.9 cm³/mol. The Bertz CT molecular complexity index is 473. The third-order valence-corrected chi connectivity index (χ3v) is 3.06. The van der Waals surface area contributed by atoms with Gasteiger partial charge < -0.3 is 15.0 Å². The molecule has 1 aromatic heterocycles. The van der Waals surface area contributed by atoms with Gasteiger partial charge in [-0.15, -0.1) is 0 Å². The number of rotatable bonds is 4. The molecule has 6 nitrogen and oxygen atoms in total. The van der Waals surface area contributed by atoms with Crippen molar-refractivity contribution in [3.63, 3.8) is 0 Å². The minimum Gasteiger partial charge on any atom is -0.377 e. The Labute approximate surface area is 118 Å². The van der Waals surface area contributed by atoms with E-state index in [0.717, 1.165) is 6.29 Å². The summed E-state index contributed by atoms with van der Waals surface area (Å²) in [7, 11) is 0. The van der Waals surface area contributed by atoms with Gasteiger partial charge in [-0.05, 0) is 26.0 Å². The summed E-state index contributed by atoms with van der Waals surface area (Å²) < 4.78 is 5.39. The third-order valence-electron chi connectivity index (χ3n) is 3.06. The van der Waals surface area contributed by atoms with Crippen LogP contribution in [0, 0.1) is 0 Å². The average Bonchev–Trinajstić information content (AvgIpc) is 2.46. The molecule has 1 aromatic rings. The topological polar surface area (TPSA) is 71.5 Å². The second kappa shape index (κ2) is 6.47. The van der Waals surface area contributed by atoms with Crippen LogP contribution in [0.3, 0.4) is 0 Å². The van der Waals surface area contributed by atoms with Crippen molar-refractivity contribution in [2.24, 2.45) is 0 Å². The van der Waals surface area contributed by atoms with E-state index in [4.69, 9.17) is 4.74 Å². The zero-order valence-corrected chi connectivity index (χ0v) is 11.7. The van der Waals surface area contributed by atoms with Crippen LogP contribution in [0.15, 0.2) is 18.3 Å². The van der Waals surface area contributed by atoms with E-state index in [1.807, 2.05) is 18.7 Å². The van der Waals surface area contributed by atoms with Gasteiger partial charge in [0.05, 0.1) is 13.2 Å². The fourth-order valence-corrected chi connectivity index (χ4v) is 2.11. The average molecular weight is 277 g/mol. The van der Waals surface area contributed by atoms with Crippen LogP contribution >= 0.6 is 0 Å². The number of nitrogens with one attached hydrogen (secondary N) is 1. The highest BCUT2D eigenvalue weighted by molar-refractivity contribution is 5.85. The molecule has 2 heterocycles. The summed E-state index contributed by atoms with van der Waals surface area (Å²) in [5.41, 5.74) is 0.519. The largest absolute Gasteiger partial charge is 0.377 e. The highest BCUT2D eigenvalue weighted by Gasteiger charge is 2.30. The van der Waals surface area contributed by atoms with Crippen LogP contribution in [-0.4, -0.2) is 49.0 Å². The molecule has 2 rings (SSSR count).